The summed E-state index contributed by atoms with van der Waals surface area (Å²) in [6.07, 6.45) is 2.09. The number of aromatic nitrogens is 1. The van der Waals surface area contributed by atoms with Crippen molar-refractivity contribution in [1.82, 2.24) is 9.88 Å². The third-order valence-corrected chi connectivity index (χ3v) is 2.92. The van der Waals surface area contributed by atoms with E-state index in [1.807, 2.05) is 0 Å². The second kappa shape index (κ2) is 4.15. The first kappa shape index (κ1) is 9.74. The fraction of sp³-hybridized carbons (Fsp3) is 0.636. The van der Waals surface area contributed by atoms with E-state index >= 15 is 0 Å². The molecule has 0 atom stereocenters. The molecule has 0 saturated carbocycles. The lowest BCUT2D eigenvalue weighted by atomic mass is 10.1. The third-order valence-electron chi connectivity index (χ3n) is 2.92. The van der Waals surface area contributed by atoms with Gasteiger partial charge in [-0.05, 0) is 25.0 Å². The van der Waals surface area contributed by atoms with Gasteiger partial charge in [0.2, 0.25) is 0 Å². The Bertz CT molecular complexity index is 281. The number of hydrogen-bond acceptors (Lipinski definition) is 2. The van der Waals surface area contributed by atoms with E-state index in [0.29, 0.717) is 0 Å². The summed E-state index contributed by atoms with van der Waals surface area (Å²) < 4.78 is 5.33. The Morgan fingerprint density at radius 3 is 2.64 bits per heavy atom. The molecule has 2 rings (SSSR count). The Morgan fingerprint density at radius 2 is 2.07 bits per heavy atom. The summed E-state index contributed by atoms with van der Waals surface area (Å²) in [5.41, 5.74) is 4.12. The van der Waals surface area contributed by atoms with Crippen molar-refractivity contribution in [2.24, 2.45) is 0 Å². The zero-order valence-electron chi connectivity index (χ0n) is 8.97. The molecular formula is C11H18N2O. The Morgan fingerprint density at radius 1 is 1.36 bits per heavy atom. The van der Waals surface area contributed by atoms with E-state index in [4.69, 9.17) is 4.74 Å². The highest BCUT2D eigenvalue weighted by Crippen LogP contribution is 2.15. The summed E-state index contributed by atoms with van der Waals surface area (Å²) in [6.45, 7) is 9.24. The van der Waals surface area contributed by atoms with Crippen LogP contribution in [0.3, 0.4) is 0 Å². The van der Waals surface area contributed by atoms with E-state index in [0.717, 1.165) is 32.8 Å². The first-order chi connectivity index (χ1) is 6.77. The molecule has 0 radical (unpaired) electrons. The summed E-state index contributed by atoms with van der Waals surface area (Å²) in [5, 5.41) is 0. The molecule has 1 saturated heterocycles. The third kappa shape index (κ3) is 1.99. The second-order valence-corrected chi connectivity index (χ2v) is 3.96. The molecule has 78 valence electrons. The molecule has 14 heavy (non-hydrogen) atoms. The minimum absolute atomic E-state index is 0.877. The Balaban J connectivity index is 2.02. The molecule has 1 fully saturated rings. The fourth-order valence-corrected chi connectivity index (χ4v) is 1.91. The Hall–Kier alpha value is -0.800. The van der Waals surface area contributed by atoms with Gasteiger partial charge >= 0.3 is 0 Å². The van der Waals surface area contributed by atoms with Crippen LogP contribution in [0.15, 0.2) is 6.20 Å². The molecule has 1 aliphatic rings. The van der Waals surface area contributed by atoms with E-state index in [1.54, 1.807) is 0 Å². The zero-order valence-corrected chi connectivity index (χ0v) is 8.97. The van der Waals surface area contributed by atoms with Crippen LogP contribution in [0, 0.1) is 13.8 Å². The summed E-state index contributed by atoms with van der Waals surface area (Å²) in [7, 11) is 0. The number of aryl methyl sites for hydroxylation is 2. The summed E-state index contributed by atoms with van der Waals surface area (Å²) in [4.78, 5) is 5.72. The van der Waals surface area contributed by atoms with Gasteiger partial charge in [-0.2, -0.15) is 0 Å². The molecular weight excluding hydrogens is 176 g/mol. The molecule has 2 heterocycles. The Labute approximate surface area is 85.1 Å². The lowest BCUT2D eigenvalue weighted by molar-refractivity contribution is 0.0340. The largest absolute Gasteiger partial charge is 0.379 e. The van der Waals surface area contributed by atoms with Crippen LogP contribution in [0.4, 0.5) is 0 Å². The van der Waals surface area contributed by atoms with Crippen molar-refractivity contribution in [1.29, 1.82) is 0 Å². The number of rotatable bonds is 2. The summed E-state index contributed by atoms with van der Waals surface area (Å²) >= 11 is 0. The van der Waals surface area contributed by atoms with Crippen LogP contribution in [0.5, 0.6) is 0 Å². The molecule has 0 spiro atoms. The quantitative estimate of drug-likeness (QED) is 0.772. The van der Waals surface area contributed by atoms with Crippen LogP contribution in [0.1, 0.15) is 16.8 Å². The van der Waals surface area contributed by atoms with Gasteiger partial charge in [-0.15, -0.1) is 0 Å². The highest BCUT2D eigenvalue weighted by Gasteiger charge is 2.13. The number of ether oxygens (including phenoxy) is 1. The predicted molar refractivity (Wildman–Crippen MR) is 56.4 cm³/mol. The van der Waals surface area contributed by atoms with E-state index in [2.05, 4.69) is 29.9 Å². The van der Waals surface area contributed by atoms with Gasteiger partial charge in [-0.1, -0.05) is 0 Å². The average molecular weight is 194 g/mol. The monoisotopic (exact) mass is 194 g/mol. The molecule has 3 heteroatoms. The fourth-order valence-electron chi connectivity index (χ4n) is 1.91. The van der Waals surface area contributed by atoms with Crippen molar-refractivity contribution in [2.45, 2.75) is 20.4 Å². The molecule has 1 aromatic rings. The van der Waals surface area contributed by atoms with Gasteiger partial charge in [-0.25, -0.2) is 0 Å². The first-order valence-corrected chi connectivity index (χ1v) is 5.21. The van der Waals surface area contributed by atoms with Crippen LogP contribution in [-0.2, 0) is 11.3 Å². The summed E-state index contributed by atoms with van der Waals surface area (Å²) in [5.74, 6) is 0. The zero-order chi connectivity index (χ0) is 9.97. The smallest absolute Gasteiger partial charge is 0.0594 e. The molecule has 0 aromatic carbocycles. The van der Waals surface area contributed by atoms with E-state index in [9.17, 15) is 0 Å². The lowest BCUT2D eigenvalue weighted by Gasteiger charge is -2.26. The molecule has 0 bridgehead atoms. The number of H-pyrrole nitrogens is 1. The molecule has 1 N–H and O–H groups in total. The molecule has 0 unspecified atom stereocenters. The van der Waals surface area contributed by atoms with Crippen LogP contribution in [0.25, 0.3) is 0 Å². The van der Waals surface area contributed by atoms with Crippen molar-refractivity contribution in [3.63, 3.8) is 0 Å². The summed E-state index contributed by atoms with van der Waals surface area (Å²) in [6, 6.07) is 0. The van der Waals surface area contributed by atoms with E-state index in [1.165, 1.54) is 16.8 Å². The van der Waals surface area contributed by atoms with Crippen LogP contribution in [0.2, 0.25) is 0 Å². The van der Waals surface area contributed by atoms with Gasteiger partial charge in [0.15, 0.2) is 0 Å². The number of morpholine rings is 1. The van der Waals surface area contributed by atoms with Crippen LogP contribution in [-0.4, -0.2) is 36.2 Å². The topological polar surface area (TPSA) is 28.3 Å². The minimum Gasteiger partial charge on any atom is -0.379 e. The van der Waals surface area contributed by atoms with Gasteiger partial charge < -0.3 is 9.72 Å². The van der Waals surface area contributed by atoms with Crippen molar-refractivity contribution in [3.8, 4) is 0 Å². The molecule has 0 aliphatic carbocycles. The second-order valence-electron chi connectivity index (χ2n) is 3.96. The van der Waals surface area contributed by atoms with E-state index < -0.39 is 0 Å². The van der Waals surface area contributed by atoms with Crippen LogP contribution < -0.4 is 0 Å². The maximum absolute atomic E-state index is 5.33. The van der Waals surface area contributed by atoms with E-state index in [-0.39, 0.29) is 0 Å². The molecule has 1 aromatic heterocycles. The Kier molecular flexibility index (Phi) is 2.89. The number of aromatic amines is 1. The molecule has 1 aliphatic heterocycles. The highest BCUT2D eigenvalue weighted by atomic mass is 16.5. The first-order valence-electron chi connectivity index (χ1n) is 5.21. The highest BCUT2D eigenvalue weighted by molar-refractivity contribution is 5.28. The predicted octanol–water partition coefficient (Wildman–Crippen LogP) is 1.46. The maximum atomic E-state index is 5.33. The van der Waals surface area contributed by atoms with Gasteiger partial charge in [0.1, 0.15) is 0 Å². The van der Waals surface area contributed by atoms with Gasteiger partial charge in [0.25, 0.3) is 0 Å². The number of nitrogens with one attached hydrogen (secondary N) is 1. The normalized spacial score (nSPS) is 18.7. The SMILES string of the molecule is Cc1c[nH]c(C)c1CN1CCOCC1. The van der Waals surface area contributed by atoms with Crippen LogP contribution >= 0.6 is 0 Å². The van der Waals surface area contributed by atoms with Gasteiger partial charge in [0, 0.05) is 31.5 Å². The molecule has 0 amide bonds. The average Bonchev–Trinajstić information content (AvgIpc) is 2.51. The minimum atomic E-state index is 0.877. The maximum Gasteiger partial charge on any atom is 0.0594 e. The van der Waals surface area contributed by atoms with Gasteiger partial charge in [-0.3, -0.25) is 4.90 Å². The van der Waals surface area contributed by atoms with Crippen molar-refractivity contribution in [2.75, 3.05) is 26.3 Å². The van der Waals surface area contributed by atoms with Crippen molar-refractivity contribution in [3.05, 3.63) is 23.0 Å². The van der Waals surface area contributed by atoms with Crippen molar-refractivity contribution < 1.29 is 4.74 Å². The number of nitrogens with zero attached hydrogens (tertiary/aromatic N) is 1. The van der Waals surface area contributed by atoms with Gasteiger partial charge in [0.05, 0.1) is 13.2 Å². The number of hydrogen-bond donors (Lipinski definition) is 1. The standard InChI is InChI=1S/C11H18N2O/c1-9-7-12-10(2)11(9)8-13-3-5-14-6-4-13/h7,12H,3-6,8H2,1-2H3. The molecule has 3 nitrogen and oxygen atoms in total. The van der Waals surface area contributed by atoms with Crippen molar-refractivity contribution >= 4 is 0 Å². The lowest BCUT2D eigenvalue weighted by Crippen LogP contribution is -2.35.